The second kappa shape index (κ2) is 7.18. The predicted molar refractivity (Wildman–Crippen MR) is 86.1 cm³/mol. The second-order valence-electron chi connectivity index (χ2n) is 6.20. The highest BCUT2D eigenvalue weighted by atomic mass is 32.2. The van der Waals surface area contributed by atoms with Crippen LogP contribution in [0.4, 0.5) is 0 Å². The van der Waals surface area contributed by atoms with Gasteiger partial charge in [0.15, 0.2) is 0 Å². The molecule has 0 aromatic heterocycles. The van der Waals surface area contributed by atoms with Gasteiger partial charge in [0.25, 0.3) is 0 Å². The molecule has 0 radical (unpaired) electrons. The molecule has 3 N–H and O–H groups in total. The molecule has 2 rings (SSSR count). The van der Waals surface area contributed by atoms with Gasteiger partial charge in [-0.3, -0.25) is 0 Å². The van der Waals surface area contributed by atoms with Gasteiger partial charge in [-0.05, 0) is 31.6 Å². The normalized spacial score (nSPS) is 24.4. The lowest BCUT2D eigenvalue weighted by Crippen LogP contribution is -2.51. The lowest BCUT2D eigenvalue weighted by molar-refractivity contribution is 0.329. The zero-order valence-corrected chi connectivity index (χ0v) is 13.6. The summed E-state index contributed by atoms with van der Waals surface area (Å²) in [5.41, 5.74) is 5.81. The standard InChI is InChI=1S/C14H26N2O2S2/c15-14(19)13(11-7-3-1-4-8-11)16-20(17,18)12-9-5-2-6-10-12/h11-13,16H,1-10H2,(H2,15,19). The number of nitrogens with two attached hydrogens (primary N) is 1. The van der Waals surface area contributed by atoms with Gasteiger partial charge in [0, 0.05) is 0 Å². The highest BCUT2D eigenvalue weighted by Crippen LogP contribution is 2.29. The fourth-order valence-corrected chi connectivity index (χ4v) is 5.65. The van der Waals surface area contributed by atoms with Crippen molar-refractivity contribution in [3.8, 4) is 0 Å². The largest absolute Gasteiger partial charge is 0.392 e. The Balaban J connectivity index is 2.04. The summed E-state index contributed by atoms with van der Waals surface area (Å²) in [5, 5.41) is -0.253. The maximum absolute atomic E-state index is 12.5. The Morgan fingerprint density at radius 2 is 1.50 bits per heavy atom. The number of sulfonamides is 1. The molecule has 4 nitrogen and oxygen atoms in total. The Morgan fingerprint density at radius 1 is 1.00 bits per heavy atom. The summed E-state index contributed by atoms with van der Waals surface area (Å²) in [6.07, 6.45) is 10.3. The maximum Gasteiger partial charge on any atom is 0.215 e. The van der Waals surface area contributed by atoms with Gasteiger partial charge in [0.2, 0.25) is 10.0 Å². The lowest BCUT2D eigenvalue weighted by atomic mass is 9.84. The molecule has 2 fully saturated rings. The summed E-state index contributed by atoms with van der Waals surface area (Å²) < 4.78 is 27.9. The molecule has 2 saturated carbocycles. The first-order valence-corrected chi connectivity index (χ1v) is 9.76. The van der Waals surface area contributed by atoms with Gasteiger partial charge in [0.1, 0.15) is 0 Å². The van der Waals surface area contributed by atoms with E-state index in [1.54, 1.807) is 0 Å². The van der Waals surface area contributed by atoms with Crippen LogP contribution in [0.5, 0.6) is 0 Å². The first-order valence-electron chi connectivity index (χ1n) is 7.81. The van der Waals surface area contributed by atoms with Gasteiger partial charge in [-0.25, -0.2) is 13.1 Å². The van der Waals surface area contributed by atoms with E-state index in [2.05, 4.69) is 4.72 Å². The van der Waals surface area contributed by atoms with Crippen molar-refractivity contribution in [3.63, 3.8) is 0 Å². The van der Waals surface area contributed by atoms with E-state index in [0.29, 0.717) is 4.99 Å². The van der Waals surface area contributed by atoms with Crippen LogP contribution in [0.3, 0.4) is 0 Å². The maximum atomic E-state index is 12.5. The van der Waals surface area contributed by atoms with Gasteiger partial charge in [0.05, 0.1) is 16.3 Å². The van der Waals surface area contributed by atoms with Gasteiger partial charge >= 0.3 is 0 Å². The van der Waals surface area contributed by atoms with E-state index in [0.717, 1.165) is 57.8 Å². The molecule has 20 heavy (non-hydrogen) atoms. The van der Waals surface area contributed by atoms with Crippen LogP contribution in [-0.2, 0) is 10.0 Å². The van der Waals surface area contributed by atoms with Crippen LogP contribution in [0, 0.1) is 5.92 Å². The minimum Gasteiger partial charge on any atom is -0.392 e. The van der Waals surface area contributed by atoms with Crippen LogP contribution in [0.15, 0.2) is 0 Å². The van der Waals surface area contributed by atoms with Crippen LogP contribution in [0.2, 0.25) is 0 Å². The molecule has 0 heterocycles. The third kappa shape index (κ3) is 4.15. The van der Waals surface area contributed by atoms with E-state index < -0.39 is 10.0 Å². The SMILES string of the molecule is NC(=S)C(NS(=O)(=O)C1CCCCC1)C1CCCCC1. The van der Waals surface area contributed by atoms with E-state index in [1.165, 1.54) is 6.42 Å². The van der Waals surface area contributed by atoms with Crippen LogP contribution in [-0.4, -0.2) is 24.7 Å². The molecule has 0 amide bonds. The van der Waals surface area contributed by atoms with Gasteiger partial charge < -0.3 is 5.73 Å². The average molecular weight is 319 g/mol. The monoisotopic (exact) mass is 318 g/mol. The van der Waals surface area contributed by atoms with Crippen molar-refractivity contribution >= 4 is 27.2 Å². The molecule has 0 bridgehead atoms. The van der Waals surface area contributed by atoms with Crippen molar-refractivity contribution in [1.82, 2.24) is 4.72 Å². The van der Waals surface area contributed by atoms with E-state index in [4.69, 9.17) is 18.0 Å². The van der Waals surface area contributed by atoms with Crippen molar-refractivity contribution in [2.45, 2.75) is 75.5 Å². The topological polar surface area (TPSA) is 72.2 Å². The molecule has 0 saturated heterocycles. The van der Waals surface area contributed by atoms with Crippen molar-refractivity contribution in [3.05, 3.63) is 0 Å². The predicted octanol–water partition coefficient (Wildman–Crippen LogP) is 2.47. The summed E-state index contributed by atoms with van der Waals surface area (Å²) in [6, 6.07) is -0.350. The van der Waals surface area contributed by atoms with Crippen LogP contribution in [0.1, 0.15) is 64.2 Å². The summed E-state index contributed by atoms with van der Waals surface area (Å²) in [5.74, 6) is 0.277. The third-order valence-electron chi connectivity index (χ3n) is 4.71. The minimum absolute atomic E-state index is 0.253. The average Bonchev–Trinajstić information content (AvgIpc) is 2.46. The Hall–Kier alpha value is -0.200. The number of hydrogen-bond donors (Lipinski definition) is 2. The van der Waals surface area contributed by atoms with Crippen molar-refractivity contribution < 1.29 is 8.42 Å². The van der Waals surface area contributed by atoms with Gasteiger partial charge in [-0.15, -0.1) is 0 Å². The van der Waals surface area contributed by atoms with Gasteiger partial charge in [-0.2, -0.15) is 0 Å². The molecule has 6 heteroatoms. The minimum atomic E-state index is -3.29. The molecular formula is C14H26N2O2S2. The van der Waals surface area contributed by atoms with Gasteiger partial charge in [-0.1, -0.05) is 50.7 Å². The number of hydrogen-bond acceptors (Lipinski definition) is 3. The highest BCUT2D eigenvalue weighted by molar-refractivity contribution is 7.90. The Kier molecular flexibility index (Phi) is 5.81. The highest BCUT2D eigenvalue weighted by Gasteiger charge is 2.34. The molecule has 0 aromatic rings. The lowest BCUT2D eigenvalue weighted by Gasteiger charge is -2.32. The third-order valence-corrected chi connectivity index (χ3v) is 6.90. The second-order valence-corrected chi connectivity index (χ2v) is 8.66. The quantitative estimate of drug-likeness (QED) is 0.764. The Bertz CT molecular complexity index is 424. The van der Waals surface area contributed by atoms with E-state index in [9.17, 15) is 8.42 Å². The molecule has 1 atom stereocenters. The molecular weight excluding hydrogens is 292 g/mol. The van der Waals surface area contributed by atoms with Crippen LogP contribution >= 0.6 is 12.2 Å². The fourth-order valence-electron chi connectivity index (χ4n) is 3.50. The number of thiocarbonyl (C=S) groups is 1. The first-order chi connectivity index (χ1) is 9.50. The molecule has 1 unspecified atom stereocenters. The molecule has 0 aliphatic heterocycles. The molecule has 2 aliphatic rings. The fraction of sp³-hybridized carbons (Fsp3) is 0.929. The summed E-state index contributed by atoms with van der Waals surface area (Å²) >= 11 is 5.12. The van der Waals surface area contributed by atoms with Crippen molar-refractivity contribution in [2.24, 2.45) is 11.7 Å². The molecule has 0 spiro atoms. The van der Waals surface area contributed by atoms with Crippen LogP contribution in [0.25, 0.3) is 0 Å². The number of nitrogens with one attached hydrogen (secondary N) is 1. The van der Waals surface area contributed by atoms with E-state index >= 15 is 0 Å². The first kappa shape index (κ1) is 16.2. The molecule has 2 aliphatic carbocycles. The Morgan fingerprint density at radius 3 is 2.00 bits per heavy atom. The van der Waals surface area contributed by atoms with E-state index in [-0.39, 0.29) is 17.2 Å². The summed E-state index contributed by atoms with van der Waals surface area (Å²) in [4.78, 5) is 0.302. The zero-order valence-electron chi connectivity index (χ0n) is 12.0. The molecule has 116 valence electrons. The van der Waals surface area contributed by atoms with E-state index in [1.807, 2.05) is 0 Å². The van der Waals surface area contributed by atoms with Crippen molar-refractivity contribution in [2.75, 3.05) is 0 Å². The Labute approximate surface area is 127 Å². The zero-order chi connectivity index (χ0) is 14.6. The van der Waals surface area contributed by atoms with Crippen molar-refractivity contribution in [1.29, 1.82) is 0 Å². The summed E-state index contributed by atoms with van der Waals surface area (Å²) in [7, 11) is -3.29. The smallest absolute Gasteiger partial charge is 0.215 e. The van der Waals surface area contributed by atoms with Crippen LogP contribution < -0.4 is 10.5 Å². The summed E-state index contributed by atoms with van der Waals surface area (Å²) in [6.45, 7) is 0. The number of rotatable bonds is 5. The molecule has 0 aromatic carbocycles.